The molecule has 0 spiro atoms. The van der Waals surface area contributed by atoms with Crippen molar-refractivity contribution in [3.63, 3.8) is 0 Å². The van der Waals surface area contributed by atoms with E-state index in [2.05, 4.69) is 20.4 Å². The topological polar surface area (TPSA) is 155 Å². The van der Waals surface area contributed by atoms with Crippen LogP contribution in [0.3, 0.4) is 0 Å². The van der Waals surface area contributed by atoms with E-state index < -0.39 is 48.2 Å². The molecule has 3 atom stereocenters. The minimum atomic E-state index is -3.07. The number of oxazole rings is 1. The maximum absolute atomic E-state index is 14.7. The SMILES string of the molecule is CC(N)C(=O)NCC(NC(=O)c1nc(-c2ccc(OC(F)F)c(OCC3CC3)c2)oc1[C@H](C)N)c1ccc(F)cc1F. The van der Waals surface area contributed by atoms with Gasteiger partial charge in [0, 0.05) is 23.7 Å². The van der Waals surface area contributed by atoms with E-state index in [0.717, 1.165) is 25.0 Å². The van der Waals surface area contributed by atoms with E-state index >= 15 is 0 Å². The number of ether oxygens (including phenoxy) is 2. The van der Waals surface area contributed by atoms with Crippen molar-refractivity contribution >= 4 is 11.8 Å². The van der Waals surface area contributed by atoms with Gasteiger partial charge in [0.15, 0.2) is 23.0 Å². The zero-order chi connectivity index (χ0) is 30.6. The van der Waals surface area contributed by atoms with Gasteiger partial charge in [-0.15, -0.1) is 0 Å². The van der Waals surface area contributed by atoms with Gasteiger partial charge in [0.25, 0.3) is 5.91 Å². The van der Waals surface area contributed by atoms with Crippen molar-refractivity contribution < 1.29 is 41.0 Å². The summed E-state index contributed by atoms with van der Waals surface area (Å²) in [5.74, 6) is -3.06. The Bertz CT molecular complexity index is 1430. The fraction of sp³-hybridized carbons (Fsp3) is 0.393. The van der Waals surface area contributed by atoms with Crippen LogP contribution in [0.15, 0.2) is 40.8 Å². The van der Waals surface area contributed by atoms with Crippen LogP contribution in [0, 0.1) is 17.6 Å². The second kappa shape index (κ2) is 13.2. The summed E-state index contributed by atoms with van der Waals surface area (Å²) < 4.78 is 70.2. The van der Waals surface area contributed by atoms with Crippen molar-refractivity contribution in [3.8, 4) is 23.0 Å². The average molecular weight is 594 g/mol. The lowest BCUT2D eigenvalue weighted by Gasteiger charge is -2.21. The third kappa shape index (κ3) is 7.76. The minimum absolute atomic E-state index is 0.0196. The number of carbonyl (C=O) groups is 2. The molecule has 14 heteroatoms. The van der Waals surface area contributed by atoms with Crippen molar-refractivity contribution in [2.24, 2.45) is 17.4 Å². The minimum Gasteiger partial charge on any atom is -0.489 e. The van der Waals surface area contributed by atoms with Gasteiger partial charge in [-0.25, -0.2) is 13.8 Å². The second-order valence-corrected chi connectivity index (χ2v) is 10.0. The van der Waals surface area contributed by atoms with Crippen molar-refractivity contribution in [2.45, 2.75) is 51.4 Å². The van der Waals surface area contributed by atoms with Crippen LogP contribution >= 0.6 is 0 Å². The number of rotatable bonds is 13. The fourth-order valence-electron chi connectivity index (χ4n) is 3.98. The first-order chi connectivity index (χ1) is 19.9. The Balaban J connectivity index is 1.64. The van der Waals surface area contributed by atoms with E-state index in [-0.39, 0.29) is 46.5 Å². The summed E-state index contributed by atoms with van der Waals surface area (Å²) >= 11 is 0. The van der Waals surface area contributed by atoms with E-state index in [0.29, 0.717) is 18.6 Å². The standard InChI is InChI=1S/C28H31F4N5O5/c1-13(33)24-23(26(39)36-20(11-35-25(38)14(2)34)18-7-6-17(29)10-19(18)30)37-27(42-24)16-5-8-21(41-28(31)32)22(9-16)40-12-15-3-4-15/h5-10,13-15,20,28H,3-4,11-12,33-34H2,1-2H3,(H,35,38)(H,36,39)/t13-,14?,20?/m0/s1. The van der Waals surface area contributed by atoms with Crippen LogP contribution in [0.25, 0.3) is 11.5 Å². The summed E-state index contributed by atoms with van der Waals surface area (Å²) in [5, 5.41) is 5.09. The molecule has 2 amide bonds. The molecule has 0 bridgehead atoms. The number of nitrogens with zero attached hydrogens (tertiary/aromatic N) is 1. The molecular weight excluding hydrogens is 562 g/mol. The summed E-state index contributed by atoms with van der Waals surface area (Å²) in [6, 6.07) is 4.02. The van der Waals surface area contributed by atoms with Gasteiger partial charge in [-0.2, -0.15) is 8.78 Å². The van der Waals surface area contributed by atoms with Crippen LogP contribution in [0.5, 0.6) is 11.5 Å². The zero-order valence-electron chi connectivity index (χ0n) is 22.8. The monoisotopic (exact) mass is 593 g/mol. The first-order valence-corrected chi connectivity index (χ1v) is 13.2. The highest BCUT2D eigenvalue weighted by atomic mass is 19.3. The molecule has 1 aromatic heterocycles. The molecule has 0 radical (unpaired) electrons. The molecule has 6 N–H and O–H groups in total. The molecule has 42 heavy (non-hydrogen) atoms. The lowest BCUT2D eigenvalue weighted by Crippen LogP contribution is -2.43. The highest BCUT2D eigenvalue weighted by Crippen LogP contribution is 2.37. The van der Waals surface area contributed by atoms with E-state index in [1.54, 1.807) is 6.92 Å². The molecule has 1 aliphatic rings. The third-order valence-electron chi connectivity index (χ3n) is 6.40. The molecule has 1 saturated carbocycles. The third-order valence-corrected chi connectivity index (χ3v) is 6.40. The number of benzene rings is 2. The van der Waals surface area contributed by atoms with Gasteiger partial charge < -0.3 is 36.0 Å². The molecule has 1 heterocycles. The molecule has 0 saturated heterocycles. The molecule has 2 aromatic carbocycles. The Morgan fingerprint density at radius 2 is 1.83 bits per heavy atom. The predicted octanol–water partition coefficient (Wildman–Crippen LogP) is 3.96. The number of halogens is 4. The summed E-state index contributed by atoms with van der Waals surface area (Å²) in [6.07, 6.45) is 1.94. The van der Waals surface area contributed by atoms with Gasteiger partial charge in [0.05, 0.1) is 24.7 Å². The Morgan fingerprint density at radius 3 is 2.45 bits per heavy atom. The smallest absolute Gasteiger partial charge is 0.387 e. The quantitative estimate of drug-likeness (QED) is 0.217. The van der Waals surface area contributed by atoms with Gasteiger partial charge >= 0.3 is 6.61 Å². The number of carbonyl (C=O) groups excluding carboxylic acids is 2. The van der Waals surface area contributed by atoms with Crippen LogP contribution in [0.1, 0.15) is 60.6 Å². The van der Waals surface area contributed by atoms with Crippen LogP contribution in [-0.4, -0.2) is 42.6 Å². The van der Waals surface area contributed by atoms with Crippen molar-refractivity contribution in [2.75, 3.05) is 13.2 Å². The molecular formula is C28H31F4N5O5. The highest BCUT2D eigenvalue weighted by molar-refractivity contribution is 5.94. The number of nitrogens with two attached hydrogens (primary N) is 2. The molecule has 1 aliphatic carbocycles. The van der Waals surface area contributed by atoms with Gasteiger partial charge in [-0.1, -0.05) is 6.07 Å². The van der Waals surface area contributed by atoms with Crippen molar-refractivity contribution in [3.05, 3.63) is 65.1 Å². The first-order valence-electron chi connectivity index (χ1n) is 13.2. The van der Waals surface area contributed by atoms with E-state index in [9.17, 15) is 27.2 Å². The predicted molar refractivity (Wildman–Crippen MR) is 143 cm³/mol. The van der Waals surface area contributed by atoms with Crippen molar-refractivity contribution in [1.29, 1.82) is 0 Å². The first kappa shape index (κ1) is 30.8. The summed E-state index contributed by atoms with van der Waals surface area (Å²) in [4.78, 5) is 29.8. The lowest BCUT2D eigenvalue weighted by atomic mass is 10.0. The molecule has 0 aliphatic heterocycles. The van der Waals surface area contributed by atoms with E-state index in [4.69, 9.17) is 20.6 Å². The highest BCUT2D eigenvalue weighted by Gasteiger charge is 2.28. The average Bonchev–Trinajstić information content (AvgIpc) is 3.64. The Morgan fingerprint density at radius 1 is 1.10 bits per heavy atom. The van der Waals surface area contributed by atoms with E-state index in [1.807, 2.05) is 0 Å². The maximum atomic E-state index is 14.7. The number of alkyl halides is 2. The van der Waals surface area contributed by atoms with Crippen molar-refractivity contribution in [1.82, 2.24) is 15.6 Å². The Kier molecular flexibility index (Phi) is 9.68. The number of amides is 2. The Labute approximate surface area is 238 Å². The molecule has 1 fully saturated rings. The zero-order valence-corrected chi connectivity index (χ0v) is 22.8. The Hall–Kier alpha value is -4.17. The summed E-state index contributed by atoms with van der Waals surface area (Å²) in [6.45, 7) is -0.0429. The number of nitrogens with one attached hydrogen (secondary N) is 2. The van der Waals surface area contributed by atoms with Crippen LogP contribution in [0.4, 0.5) is 17.6 Å². The molecule has 226 valence electrons. The van der Waals surface area contributed by atoms with Gasteiger partial charge in [-0.3, -0.25) is 9.59 Å². The summed E-state index contributed by atoms with van der Waals surface area (Å²) in [5.41, 5.74) is 11.6. The van der Waals surface area contributed by atoms with E-state index in [1.165, 1.54) is 25.1 Å². The molecule has 2 unspecified atom stereocenters. The fourth-order valence-corrected chi connectivity index (χ4v) is 3.98. The molecule has 3 aromatic rings. The molecule has 4 rings (SSSR count). The normalized spacial score (nSPS) is 15.2. The number of hydrogen-bond donors (Lipinski definition) is 4. The molecule has 10 nitrogen and oxygen atoms in total. The number of hydrogen-bond acceptors (Lipinski definition) is 8. The number of aromatic nitrogens is 1. The van der Waals surface area contributed by atoms with Gasteiger partial charge in [0.2, 0.25) is 11.8 Å². The van der Waals surface area contributed by atoms with Crippen LogP contribution in [0.2, 0.25) is 0 Å². The van der Waals surface area contributed by atoms with Gasteiger partial charge in [-0.05, 0) is 56.9 Å². The second-order valence-electron chi connectivity index (χ2n) is 10.0. The largest absolute Gasteiger partial charge is 0.489 e. The van der Waals surface area contributed by atoms with Gasteiger partial charge in [0.1, 0.15) is 11.6 Å². The van der Waals surface area contributed by atoms with Crippen LogP contribution in [-0.2, 0) is 4.79 Å². The maximum Gasteiger partial charge on any atom is 0.387 e. The summed E-state index contributed by atoms with van der Waals surface area (Å²) in [7, 11) is 0. The lowest BCUT2D eigenvalue weighted by molar-refractivity contribution is -0.122. The van der Waals surface area contributed by atoms with Crippen LogP contribution < -0.4 is 31.6 Å².